The van der Waals surface area contributed by atoms with Crippen LogP contribution in [0.5, 0.6) is 0 Å². The largest absolute Gasteiger partial charge is 1.00 e. The molecule has 23 heavy (non-hydrogen) atoms. The fraction of sp³-hybridized carbons (Fsp3) is 0.667. The third-order valence-corrected chi connectivity index (χ3v) is 5.35. The van der Waals surface area contributed by atoms with Crippen LogP contribution in [0.3, 0.4) is 0 Å². The quantitative estimate of drug-likeness (QED) is 0.369. The molecule has 0 radical (unpaired) electrons. The van der Waals surface area contributed by atoms with Crippen LogP contribution in [0.15, 0.2) is 29.2 Å². The molecule has 0 aliphatic heterocycles. The van der Waals surface area contributed by atoms with E-state index in [-0.39, 0.29) is 39.9 Å². The first kappa shape index (κ1) is 23.1. The molecule has 0 heterocycles. The molecule has 0 aromatic heterocycles. The van der Waals surface area contributed by atoms with Gasteiger partial charge in [0, 0.05) is 0 Å². The van der Waals surface area contributed by atoms with E-state index in [2.05, 4.69) is 20.8 Å². The van der Waals surface area contributed by atoms with E-state index in [1.807, 2.05) is 12.1 Å². The van der Waals surface area contributed by atoms with Gasteiger partial charge in [-0.05, 0) is 36.0 Å². The summed E-state index contributed by atoms with van der Waals surface area (Å²) in [7, 11) is -4.36. The molecule has 0 bridgehead atoms. The van der Waals surface area contributed by atoms with Crippen molar-refractivity contribution in [3.63, 3.8) is 0 Å². The van der Waals surface area contributed by atoms with Crippen molar-refractivity contribution in [1.82, 2.24) is 0 Å². The maximum Gasteiger partial charge on any atom is 1.00 e. The summed E-state index contributed by atoms with van der Waals surface area (Å²) in [6, 6.07) is 6.54. The van der Waals surface area contributed by atoms with Gasteiger partial charge >= 0.3 is 29.6 Å². The van der Waals surface area contributed by atoms with Gasteiger partial charge in [0.2, 0.25) is 0 Å². The van der Waals surface area contributed by atoms with E-state index in [4.69, 9.17) is 0 Å². The Kier molecular flexibility index (Phi) is 10.9. The minimum Gasteiger partial charge on any atom is -0.744 e. The predicted molar refractivity (Wildman–Crippen MR) is 90.0 cm³/mol. The Hall–Kier alpha value is 0.130. The molecular formula is C18H29NaO3S. The second-order valence-electron chi connectivity index (χ2n) is 6.45. The summed E-state index contributed by atoms with van der Waals surface area (Å²) in [6.07, 6.45) is 9.43. The minimum atomic E-state index is -4.36. The normalized spacial score (nSPS) is 14.1. The summed E-state index contributed by atoms with van der Waals surface area (Å²) in [5.41, 5.74) is 1.21. The zero-order chi connectivity index (χ0) is 16.6. The van der Waals surface area contributed by atoms with E-state index in [9.17, 15) is 13.0 Å². The third kappa shape index (κ3) is 7.70. The topological polar surface area (TPSA) is 57.2 Å². The van der Waals surface area contributed by atoms with E-state index in [0.29, 0.717) is 0 Å². The Balaban J connectivity index is 0.00000484. The maximum atomic E-state index is 11.1. The Morgan fingerprint density at radius 3 is 1.91 bits per heavy atom. The summed E-state index contributed by atoms with van der Waals surface area (Å²) >= 11 is 0. The molecule has 1 aromatic carbocycles. The number of rotatable bonds is 10. The molecule has 1 aromatic rings. The Bertz CT molecular complexity index is 540. The molecule has 0 amide bonds. The molecule has 126 valence electrons. The van der Waals surface area contributed by atoms with Crippen LogP contribution >= 0.6 is 0 Å². The zero-order valence-electron chi connectivity index (χ0n) is 15.1. The molecule has 1 rings (SSSR count). The van der Waals surface area contributed by atoms with Crippen LogP contribution in [0.4, 0.5) is 0 Å². The predicted octanol–water partition coefficient (Wildman–Crippen LogP) is 2.01. The van der Waals surface area contributed by atoms with Gasteiger partial charge in [0.15, 0.2) is 0 Å². The van der Waals surface area contributed by atoms with E-state index in [1.165, 1.54) is 37.8 Å². The minimum absolute atomic E-state index is 0. The van der Waals surface area contributed by atoms with Crippen molar-refractivity contribution in [3.8, 4) is 0 Å². The van der Waals surface area contributed by atoms with E-state index in [0.717, 1.165) is 31.2 Å². The molecule has 0 saturated heterocycles. The van der Waals surface area contributed by atoms with Crippen LogP contribution < -0.4 is 29.6 Å². The van der Waals surface area contributed by atoms with Gasteiger partial charge < -0.3 is 4.55 Å². The summed E-state index contributed by atoms with van der Waals surface area (Å²) < 4.78 is 33.2. The van der Waals surface area contributed by atoms with E-state index >= 15 is 0 Å². The SMILES string of the molecule is CCCCCCC(C)(CCCC)c1ccc(S(=O)(=O)[O-])cc1.[Na+]. The third-order valence-electron chi connectivity index (χ3n) is 4.50. The molecule has 1 unspecified atom stereocenters. The van der Waals surface area contributed by atoms with Crippen molar-refractivity contribution < 1.29 is 42.5 Å². The molecule has 0 fully saturated rings. The molecule has 5 heteroatoms. The van der Waals surface area contributed by atoms with Gasteiger partial charge in [-0.25, -0.2) is 8.42 Å². The zero-order valence-corrected chi connectivity index (χ0v) is 17.9. The van der Waals surface area contributed by atoms with Crippen LogP contribution in [0.25, 0.3) is 0 Å². The van der Waals surface area contributed by atoms with Crippen LogP contribution in [-0.4, -0.2) is 13.0 Å². The van der Waals surface area contributed by atoms with Crippen molar-refractivity contribution in [2.45, 2.75) is 82.4 Å². The van der Waals surface area contributed by atoms with Gasteiger partial charge in [0.1, 0.15) is 10.1 Å². The van der Waals surface area contributed by atoms with Crippen molar-refractivity contribution in [3.05, 3.63) is 29.8 Å². The molecule has 0 saturated carbocycles. The first-order chi connectivity index (χ1) is 10.3. The van der Waals surface area contributed by atoms with E-state index in [1.54, 1.807) is 0 Å². The summed E-state index contributed by atoms with van der Waals surface area (Å²) in [6.45, 7) is 6.65. The van der Waals surface area contributed by atoms with Gasteiger partial charge in [-0.3, -0.25) is 0 Å². The van der Waals surface area contributed by atoms with Crippen LogP contribution in [-0.2, 0) is 15.5 Å². The number of hydrogen-bond donors (Lipinski definition) is 0. The monoisotopic (exact) mass is 348 g/mol. The molecule has 0 spiro atoms. The van der Waals surface area contributed by atoms with Crippen molar-refractivity contribution >= 4 is 10.1 Å². The second kappa shape index (κ2) is 10.9. The van der Waals surface area contributed by atoms with Gasteiger partial charge in [-0.2, -0.15) is 0 Å². The van der Waals surface area contributed by atoms with Crippen molar-refractivity contribution in [2.75, 3.05) is 0 Å². The molecule has 0 aliphatic carbocycles. The summed E-state index contributed by atoms with van der Waals surface area (Å²) in [4.78, 5) is -0.139. The average Bonchev–Trinajstić information content (AvgIpc) is 2.49. The van der Waals surface area contributed by atoms with E-state index < -0.39 is 10.1 Å². The summed E-state index contributed by atoms with van der Waals surface area (Å²) in [5.74, 6) is 0. The van der Waals surface area contributed by atoms with Crippen molar-refractivity contribution in [2.24, 2.45) is 0 Å². The summed E-state index contributed by atoms with van der Waals surface area (Å²) in [5, 5.41) is 0. The van der Waals surface area contributed by atoms with Crippen LogP contribution in [0, 0.1) is 0 Å². The number of benzene rings is 1. The fourth-order valence-electron chi connectivity index (χ4n) is 2.95. The molecule has 3 nitrogen and oxygen atoms in total. The van der Waals surface area contributed by atoms with Crippen molar-refractivity contribution in [1.29, 1.82) is 0 Å². The number of hydrogen-bond acceptors (Lipinski definition) is 3. The van der Waals surface area contributed by atoms with Gasteiger partial charge in [-0.15, -0.1) is 0 Å². The average molecular weight is 348 g/mol. The van der Waals surface area contributed by atoms with Crippen LogP contribution in [0.2, 0.25) is 0 Å². The maximum absolute atomic E-state index is 11.1. The second-order valence-corrected chi connectivity index (χ2v) is 7.83. The molecule has 0 aliphatic rings. The number of unbranched alkanes of at least 4 members (excludes halogenated alkanes) is 4. The Morgan fingerprint density at radius 2 is 1.43 bits per heavy atom. The Morgan fingerprint density at radius 1 is 0.913 bits per heavy atom. The molecule has 1 atom stereocenters. The standard InChI is InChI=1S/C18H30O3S.Na/c1-4-6-8-9-15-18(3,14-7-5-2)16-10-12-17(13-11-16)22(19,20)21;/h10-13H,4-9,14-15H2,1-3H3,(H,19,20,21);/q;+1/p-1. The van der Waals surface area contributed by atoms with Crippen LogP contribution in [0.1, 0.15) is 77.7 Å². The van der Waals surface area contributed by atoms with Gasteiger partial charge in [0.25, 0.3) is 0 Å². The first-order valence-corrected chi connectivity index (χ1v) is 9.81. The Labute approximate surface area is 164 Å². The van der Waals surface area contributed by atoms with Gasteiger partial charge in [-0.1, -0.05) is 71.4 Å². The molecule has 0 N–H and O–H groups in total. The fourth-order valence-corrected chi connectivity index (χ4v) is 3.42. The smallest absolute Gasteiger partial charge is 0.744 e. The first-order valence-electron chi connectivity index (χ1n) is 8.40. The van der Waals surface area contributed by atoms with Gasteiger partial charge in [0.05, 0.1) is 4.90 Å². The molecular weight excluding hydrogens is 319 g/mol.